The molecule has 312 valence electrons. The van der Waals surface area contributed by atoms with Crippen molar-refractivity contribution in [2.24, 2.45) is 0 Å². The van der Waals surface area contributed by atoms with E-state index >= 15 is 0 Å². The van der Waals surface area contributed by atoms with Gasteiger partial charge in [-0.05, 0) is 118 Å². The van der Waals surface area contributed by atoms with Crippen LogP contribution >= 0.6 is 0 Å². The minimum atomic E-state index is 0.000823. The van der Waals surface area contributed by atoms with Gasteiger partial charge >= 0.3 is 0 Å². The second-order valence-corrected chi connectivity index (χ2v) is 20.3. The van der Waals surface area contributed by atoms with Gasteiger partial charge in [0, 0.05) is 16.8 Å². The first-order valence-electron chi connectivity index (χ1n) is 22.5. The Morgan fingerprint density at radius 3 is 1.38 bits per heavy atom. The number of rotatable bonds is 7. The summed E-state index contributed by atoms with van der Waals surface area (Å²) in [6.07, 6.45) is 0. The van der Waals surface area contributed by atoms with Crippen LogP contribution in [0.1, 0.15) is 79.0 Å². The van der Waals surface area contributed by atoms with Crippen LogP contribution in [-0.2, 0) is 16.2 Å². The number of fused-ring (bicyclic) bond motifs is 2. The molecule has 0 heterocycles. The van der Waals surface area contributed by atoms with Crippen LogP contribution < -0.4 is 4.90 Å². The first-order valence-corrected chi connectivity index (χ1v) is 22.5. The second kappa shape index (κ2) is 16.2. The smallest absolute Gasteiger partial charge is 0.0540 e. The van der Waals surface area contributed by atoms with Crippen molar-refractivity contribution in [3.8, 4) is 44.5 Å². The molecular formula is C62H59N. The molecule has 0 unspecified atom stereocenters. The van der Waals surface area contributed by atoms with Gasteiger partial charge in [-0.1, -0.05) is 226 Å². The SMILES string of the molecule is CC(C)(C)c1ccc(-c2ccccc2N(c2ccc(-c3ccc4ccccc4c3)cc2)c2ccccc2-c2cccc3cccc(-c4cc(C(C)(C)C)cc(C(C)(C)C)c4)c23)cc1. The number of hydrogen-bond acceptors (Lipinski definition) is 1. The summed E-state index contributed by atoms with van der Waals surface area (Å²) in [6, 6.07) is 72.4. The van der Waals surface area contributed by atoms with Crippen molar-refractivity contribution in [2.45, 2.75) is 78.6 Å². The van der Waals surface area contributed by atoms with Crippen molar-refractivity contribution in [1.29, 1.82) is 0 Å². The molecule has 9 aromatic rings. The lowest BCUT2D eigenvalue weighted by Gasteiger charge is -2.30. The zero-order valence-electron chi connectivity index (χ0n) is 38.4. The third-order valence-electron chi connectivity index (χ3n) is 12.7. The number of nitrogens with zero attached hydrogens (tertiary/aromatic N) is 1. The average molecular weight is 818 g/mol. The van der Waals surface area contributed by atoms with Crippen molar-refractivity contribution in [1.82, 2.24) is 0 Å². The lowest BCUT2D eigenvalue weighted by molar-refractivity contribution is 0.569. The zero-order valence-corrected chi connectivity index (χ0v) is 38.4. The molecule has 0 amide bonds. The fourth-order valence-electron chi connectivity index (χ4n) is 8.99. The molecule has 0 N–H and O–H groups in total. The topological polar surface area (TPSA) is 3.24 Å². The minimum Gasteiger partial charge on any atom is -0.309 e. The van der Waals surface area contributed by atoms with Crippen LogP contribution in [-0.4, -0.2) is 0 Å². The summed E-state index contributed by atoms with van der Waals surface area (Å²) in [6.45, 7) is 20.8. The van der Waals surface area contributed by atoms with Crippen LogP contribution in [0.4, 0.5) is 17.1 Å². The summed E-state index contributed by atoms with van der Waals surface area (Å²) < 4.78 is 0. The molecule has 0 saturated carbocycles. The first-order chi connectivity index (χ1) is 30.1. The normalized spacial score (nSPS) is 12.2. The Hall–Kier alpha value is -6.70. The molecular weight excluding hydrogens is 759 g/mol. The average Bonchev–Trinajstić information content (AvgIpc) is 3.28. The fraction of sp³-hybridized carbons (Fsp3) is 0.194. The molecule has 1 heteroatoms. The van der Waals surface area contributed by atoms with Crippen LogP contribution in [0.3, 0.4) is 0 Å². The molecule has 9 rings (SSSR count). The highest BCUT2D eigenvalue weighted by molar-refractivity contribution is 6.09. The van der Waals surface area contributed by atoms with E-state index in [1.165, 1.54) is 82.7 Å². The fourth-order valence-corrected chi connectivity index (χ4v) is 8.99. The van der Waals surface area contributed by atoms with Gasteiger partial charge in [0.15, 0.2) is 0 Å². The van der Waals surface area contributed by atoms with Crippen molar-refractivity contribution in [3.05, 3.63) is 211 Å². The third kappa shape index (κ3) is 8.33. The lowest BCUT2D eigenvalue weighted by Crippen LogP contribution is -2.16. The Bertz CT molecular complexity index is 3050. The van der Waals surface area contributed by atoms with Gasteiger partial charge < -0.3 is 4.90 Å². The quantitative estimate of drug-likeness (QED) is 0.155. The van der Waals surface area contributed by atoms with E-state index in [0.717, 1.165) is 17.1 Å². The highest BCUT2D eigenvalue weighted by Crippen LogP contribution is 2.48. The van der Waals surface area contributed by atoms with E-state index in [-0.39, 0.29) is 16.2 Å². The number of anilines is 3. The summed E-state index contributed by atoms with van der Waals surface area (Å²) in [5.41, 5.74) is 17.1. The molecule has 0 aromatic heterocycles. The highest BCUT2D eigenvalue weighted by Gasteiger charge is 2.25. The summed E-state index contributed by atoms with van der Waals surface area (Å²) >= 11 is 0. The molecule has 0 aliphatic rings. The molecule has 0 fully saturated rings. The Labute approximate surface area is 375 Å². The van der Waals surface area contributed by atoms with E-state index in [1.54, 1.807) is 0 Å². The molecule has 0 aliphatic carbocycles. The van der Waals surface area contributed by atoms with Gasteiger partial charge in [-0.25, -0.2) is 0 Å². The van der Waals surface area contributed by atoms with E-state index in [2.05, 4.69) is 261 Å². The summed E-state index contributed by atoms with van der Waals surface area (Å²) in [5, 5.41) is 4.98. The van der Waals surface area contributed by atoms with E-state index in [0.29, 0.717) is 0 Å². The van der Waals surface area contributed by atoms with Gasteiger partial charge in [0.05, 0.1) is 11.4 Å². The van der Waals surface area contributed by atoms with Crippen LogP contribution in [0.15, 0.2) is 194 Å². The number of hydrogen-bond donors (Lipinski definition) is 0. The Kier molecular flexibility index (Phi) is 10.7. The second-order valence-electron chi connectivity index (χ2n) is 20.3. The summed E-state index contributed by atoms with van der Waals surface area (Å²) in [7, 11) is 0. The molecule has 0 radical (unpaired) electrons. The van der Waals surface area contributed by atoms with E-state index in [9.17, 15) is 0 Å². The van der Waals surface area contributed by atoms with Crippen LogP contribution in [0, 0.1) is 0 Å². The lowest BCUT2D eigenvalue weighted by atomic mass is 9.78. The first kappa shape index (κ1) is 41.6. The van der Waals surface area contributed by atoms with Gasteiger partial charge in [0.25, 0.3) is 0 Å². The third-order valence-corrected chi connectivity index (χ3v) is 12.7. The van der Waals surface area contributed by atoms with Crippen LogP contribution in [0.5, 0.6) is 0 Å². The van der Waals surface area contributed by atoms with Gasteiger partial charge in [-0.2, -0.15) is 0 Å². The van der Waals surface area contributed by atoms with Crippen molar-refractivity contribution in [3.63, 3.8) is 0 Å². The monoisotopic (exact) mass is 817 g/mol. The molecule has 0 saturated heterocycles. The maximum Gasteiger partial charge on any atom is 0.0540 e. The largest absolute Gasteiger partial charge is 0.309 e. The van der Waals surface area contributed by atoms with E-state index in [1.807, 2.05) is 0 Å². The molecule has 9 aromatic carbocycles. The zero-order chi connectivity index (χ0) is 44.1. The highest BCUT2D eigenvalue weighted by atomic mass is 15.1. The molecule has 0 atom stereocenters. The Morgan fingerprint density at radius 2 is 0.762 bits per heavy atom. The van der Waals surface area contributed by atoms with Gasteiger partial charge in [-0.3, -0.25) is 0 Å². The molecule has 0 aliphatic heterocycles. The van der Waals surface area contributed by atoms with Crippen LogP contribution in [0.25, 0.3) is 66.1 Å². The van der Waals surface area contributed by atoms with Gasteiger partial charge in [0.2, 0.25) is 0 Å². The molecule has 1 nitrogen and oxygen atoms in total. The predicted molar refractivity (Wildman–Crippen MR) is 274 cm³/mol. The number of benzene rings is 9. The Balaban J connectivity index is 1.26. The van der Waals surface area contributed by atoms with Gasteiger partial charge in [0.1, 0.15) is 0 Å². The molecule has 63 heavy (non-hydrogen) atoms. The van der Waals surface area contributed by atoms with Crippen LogP contribution in [0.2, 0.25) is 0 Å². The minimum absolute atomic E-state index is 0.000823. The summed E-state index contributed by atoms with van der Waals surface area (Å²) in [5.74, 6) is 0. The molecule has 0 bridgehead atoms. The molecule has 0 spiro atoms. The Morgan fingerprint density at radius 1 is 0.286 bits per heavy atom. The summed E-state index contributed by atoms with van der Waals surface area (Å²) in [4.78, 5) is 2.48. The maximum absolute atomic E-state index is 2.48. The maximum atomic E-state index is 2.48. The standard InChI is InChI=1S/C62H59N/c1-60(2,3)49-34-30-44(31-35-49)53-22-12-14-26-57(53)63(52-36-32-43(33-37-52)47-29-28-42-18-10-11-19-46(42)38-47)58-27-15-13-23-55(58)56-25-17-21-45-20-16-24-54(59(45)56)48-39-50(61(4,5)6)41-51(40-48)62(7,8)9/h10-41H,1-9H3. The van der Waals surface area contributed by atoms with Crippen molar-refractivity contribution >= 4 is 38.6 Å². The van der Waals surface area contributed by atoms with Crippen molar-refractivity contribution < 1.29 is 0 Å². The van der Waals surface area contributed by atoms with Crippen molar-refractivity contribution in [2.75, 3.05) is 4.90 Å². The number of para-hydroxylation sites is 2. The predicted octanol–water partition coefficient (Wildman–Crippen LogP) is 18.0. The van der Waals surface area contributed by atoms with E-state index < -0.39 is 0 Å². The van der Waals surface area contributed by atoms with Gasteiger partial charge in [-0.15, -0.1) is 0 Å². The van der Waals surface area contributed by atoms with E-state index in [4.69, 9.17) is 0 Å².